The van der Waals surface area contributed by atoms with E-state index in [0.29, 0.717) is 0 Å². The van der Waals surface area contributed by atoms with Crippen LogP contribution in [0.2, 0.25) is 0 Å². The second kappa shape index (κ2) is 4.03. The lowest BCUT2D eigenvalue weighted by atomic mass is 10.2. The Hall–Kier alpha value is -1.34. The lowest BCUT2D eigenvalue weighted by molar-refractivity contribution is 0.415. The molecule has 1 N–H and O–H groups in total. The maximum absolute atomic E-state index is 8.97. The minimum Gasteiger partial charge on any atom is -0.495 e. The number of nitriles is 1. The number of para-hydroxylation sites is 1. The normalized spacial score (nSPS) is 23.5. The molecule has 1 aromatic rings. The minimum absolute atomic E-state index is 0.0374. The quantitative estimate of drug-likeness (QED) is 0.789. The molecule has 0 saturated heterocycles. The standard InChI is InChI=1S/C11H12N2OS/c1-7-10(6-12)15-9-5-3-4-8(14-2)11(9)13-7/h3-5,7,10,13H,1-2H3. The van der Waals surface area contributed by atoms with Crippen LogP contribution in [-0.4, -0.2) is 18.4 Å². The monoisotopic (exact) mass is 220 g/mol. The summed E-state index contributed by atoms with van der Waals surface area (Å²) in [7, 11) is 1.66. The Labute approximate surface area is 93.4 Å². The minimum atomic E-state index is -0.0374. The number of nitrogens with one attached hydrogen (secondary N) is 1. The van der Waals surface area contributed by atoms with Gasteiger partial charge in [0.25, 0.3) is 0 Å². The number of thioether (sulfide) groups is 1. The van der Waals surface area contributed by atoms with E-state index in [4.69, 9.17) is 10.00 Å². The first-order valence-electron chi connectivity index (χ1n) is 4.76. The maximum atomic E-state index is 8.97. The molecule has 15 heavy (non-hydrogen) atoms. The van der Waals surface area contributed by atoms with Gasteiger partial charge in [0.2, 0.25) is 0 Å². The van der Waals surface area contributed by atoms with Crippen molar-refractivity contribution in [2.45, 2.75) is 23.1 Å². The molecule has 2 rings (SSSR count). The number of nitrogens with zero attached hydrogens (tertiary/aromatic N) is 1. The molecule has 1 aliphatic heterocycles. The molecule has 2 atom stereocenters. The lowest BCUT2D eigenvalue weighted by Gasteiger charge is -2.28. The number of rotatable bonds is 1. The van der Waals surface area contributed by atoms with E-state index in [9.17, 15) is 0 Å². The molecule has 1 aliphatic rings. The zero-order chi connectivity index (χ0) is 10.8. The van der Waals surface area contributed by atoms with Gasteiger partial charge in [0, 0.05) is 10.9 Å². The van der Waals surface area contributed by atoms with Crippen molar-refractivity contribution in [3.05, 3.63) is 18.2 Å². The van der Waals surface area contributed by atoms with Crippen LogP contribution in [0.25, 0.3) is 0 Å². The molecule has 1 aromatic carbocycles. The van der Waals surface area contributed by atoms with E-state index in [1.165, 1.54) is 0 Å². The third-order valence-electron chi connectivity index (χ3n) is 2.42. The van der Waals surface area contributed by atoms with E-state index < -0.39 is 0 Å². The number of anilines is 1. The molecule has 0 amide bonds. The Morgan fingerprint density at radius 1 is 1.53 bits per heavy atom. The van der Waals surface area contributed by atoms with Crippen LogP contribution in [-0.2, 0) is 0 Å². The SMILES string of the molecule is COc1cccc2c1NC(C)C(C#N)S2. The molecule has 0 saturated carbocycles. The van der Waals surface area contributed by atoms with Crippen LogP contribution in [0.4, 0.5) is 5.69 Å². The van der Waals surface area contributed by atoms with Gasteiger partial charge in [-0.2, -0.15) is 5.26 Å². The molecule has 0 radical (unpaired) electrons. The van der Waals surface area contributed by atoms with Gasteiger partial charge in [0.15, 0.2) is 0 Å². The molecule has 0 bridgehead atoms. The second-order valence-electron chi connectivity index (χ2n) is 3.43. The van der Waals surface area contributed by atoms with Gasteiger partial charge in [-0.05, 0) is 19.1 Å². The summed E-state index contributed by atoms with van der Waals surface area (Å²) < 4.78 is 5.27. The molecule has 1 heterocycles. The lowest BCUT2D eigenvalue weighted by Crippen LogP contribution is -2.30. The number of ether oxygens (including phenoxy) is 1. The van der Waals surface area contributed by atoms with Gasteiger partial charge in [-0.3, -0.25) is 0 Å². The van der Waals surface area contributed by atoms with Crippen molar-refractivity contribution in [1.29, 1.82) is 5.26 Å². The van der Waals surface area contributed by atoms with E-state index in [1.807, 2.05) is 25.1 Å². The first-order valence-corrected chi connectivity index (χ1v) is 5.64. The van der Waals surface area contributed by atoms with Crippen molar-refractivity contribution in [2.24, 2.45) is 0 Å². The predicted octanol–water partition coefficient (Wildman–Crippen LogP) is 2.49. The molecule has 78 valence electrons. The largest absolute Gasteiger partial charge is 0.495 e. The number of hydrogen-bond donors (Lipinski definition) is 1. The topological polar surface area (TPSA) is 45.0 Å². The zero-order valence-corrected chi connectivity index (χ0v) is 9.47. The summed E-state index contributed by atoms with van der Waals surface area (Å²) in [6.45, 7) is 2.01. The highest BCUT2D eigenvalue weighted by atomic mass is 32.2. The van der Waals surface area contributed by atoms with Crippen molar-refractivity contribution < 1.29 is 4.74 Å². The highest BCUT2D eigenvalue weighted by Crippen LogP contribution is 2.42. The summed E-state index contributed by atoms with van der Waals surface area (Å²) in [5.74, 6) is 0.836. The second-order valence-corrected chi connectivity index (χ2v) is 4.62. The van der Waals surface area contributed by atoms with Crippen LogP contribution in [0.1, 0.15) is 6.92 Å². The van der Waals surface area contributed by atoms with Gasteiger partial charge in [-0.15, -0.1) is 11.8 Å². The van der Waals surface area contributed by atoms with E-state index in [0.717, 1.165) is 16.3 Å². The smallest absolute Gasteiger partial charge is 0.143 e. The van der Waals surface area contributed by atoms with E-state index in [-0.39, 0.29) is 11.3 Å². The molecule has 0 aromatic heterocycles. The number of hydrogen-bond acceptors (Lipinski definition) is 4. The fourth-order valence-corrected chi connectivity index (χ4v) is 2.63. The Kier molecular flexibility index (Phi) is 2.74. The maximum Gasteiger partial charge on any atom is 0.143 e. The first kappa shape index (κ1) is 10.2. The highest BCUT2D eigenvalue weighted by molar-refractivity contribution is 8.00. The molecule has 4 heteroatoms. The molecule has 0 spiro atoms. The van der Waals surface area contributed by atoms with Crippen molar-refractivity contribution in [3.63, 3.8) is 0 Å². The van der Waals surface area contributed by atoms with E-state index in [2.05, 4.69) is 11.4 Å². The van der Waals surface area contributed by atoms with Crippen molar-refractivity contribution in [2.75, 3.05) is 12.4 Å². The Morgan fingerprint density at radius 2 is 2.33 bits per heavy atom. The molecular formula is C11H12N2OS. The summed E-state index contributed by atoms with van der Waals surface area (Å²) in [4.78, 5) is 1.08. The van der Waals surface area contributed by atoms with E-state index >= 15 is 0 Å². The molecule has 0 aliphatic carbocycles. The van der Waals surface area contributed by atoms with Crippen LogP contribution < -0.4 is 10.1 Å². The summed E-state index contributed by atoms with van der Waals surface area (Å²) in [5, 5.41) is 12.2. The van der Waals surface area contributed by atoms with Gasteiger partial charge in [0.05, 0.1) is 18.9 Å². The van der Waals surface area contributed by atoms with Gasteiger partial charge >= 0.3 is 0 Å². The number of benzene rings is 1. The zero-order valence-electron chi connectivity index (χ0n) is 8.65. The summed E-state index contributed by atoms with van der Waals surface area (Å²) in [6, 6.07) is 8.30. The van der Waals surface area contributed by atoms with Crippen molar-refractivity contribution in [3.8, 4) is 11.8 Å². The number of methoxy groups -OCH3 is 1. The number of fused-ring (bicyclic) bond motifs is 1. The van der Waals surface area contributed by atoms with Crippen LogP contribution in [0.15, 0.2) is 23.1 Å². The molecule has 2 unspecified atom stereocenters. The predicted molar refractivity (Wildman–Crippen MR) is 61.3 cm³/mol. The molecule has 0 fully saturated rings. The average molecular weight is 220 g/mol. The third kappa shape index (κ3) is 1.75. The molecule has 3 nitrogen and oxygen atoms in total. The fraction of sp³-hybridized carbons (Fsp3) is 0.364. The third-order valence-corrected chi connectivity index (χ3v) is 3.78. The summed E-state index contributed by atoms with van der Waals surface area (Å²) in [6.07, 6.45) is 0. The Bertz CT molecular complexity index is 414. The van der Waals surface area contributed by atoms with Crippen LogP contribution in [0.5, 0.6) is 5.75 Å². The Balaban J connectivity index is 2.40. The van der Waals surface area contributed by atoms with Gasteiger partial charge in [0.1, 0.15) is 11.0 Å². The van der Waals surface area contributed by atoms with E-state index in [1.54, 1.807) is 18.9 Å². The van der Waals surface area contributed by atoms with Crippen LogP contribution in [0, 0.1) is 11.3 Å². The average Bonchev–Trinajstić information content (AvgIpc) is 2.27. The van der Waals surface area contributed by atoms with Crippen LogP contribution in [0.3, 0.4) is 0 Å². The van der Waals surface area contributed by atoms with Gasteiger partial charge in [-0.1, -0.05) is 6.07 Å². The van der Waals surface area contributed by atoms with Gasteiger partial charge < -0.3 is 10.1 Å². The van der Waals surface area contributed by atoms with Crippen molar-refractivity contribution >= 4 is 17.4 Å². The summed E-state index contributed by atoms with van der Waals surface area (Å²) >= 11 is 1.59. The highest BCUT2D eigenvalue weighted by Gasteiger charge is 2.27. The first-order chi connectivity index (χ1) is 7.26. The molecular weight excluding hydrogens is 208 g/mol. The fourth-order valence-electron chi connectivity index (χ4n) is 1.60. The van der Waals surface area contributed by atoms with Crippen molar-refractivity contribution in [1.82, 2.24) is 0 Å². The summed E-state index contributed by atoms with van der Waals surface area (Å²) in [5.41, 5.74) is 1.00. The Morgan fingerprint density at radius 3 is 3.00 bits per heavy atom. The van der Waals surface area contributed by atoms with Gasteiger partial charge in [-0.25, -0.2) is 0 Å². The van der Waals surface area contributed by atoms with Crippen LogP contribution >= 0.6 is 11.8 Å².